The van der Waals surface area contributed by atoms with E-state index in [1.807, 2.05) is 47.8 Å². The first kappa shape index (κ1) is 15.2. The molecule has 23 heavy (non-hydrogen) atoms. The van der Waals surface area contributed by atoms with Gasteiger partial charge in [0, 0.05) is 17.6 Å². The maximum atomic E-state index is 12.4. The van der Waals surface area contributed by atoms with Crippen LogP contribution in [0.2, 0.25) is 0 Å². The first-order valence-electron chi connectivity index (χ1n) is 7.36. The highest BCUT2D eigenvalue weighted by Crippen LogP contribution is 2.14. The lowest BCUT2D eigenvalue weighted by molar-refractivity contribution is 0.0952. The minimum Gasteiger partial charge on any atom is -0.365 e. The lowest BCUT2D eigenvalue weighted by atomic mass is 10.2. The van der Waals surface area contributed by atoms with Gasteiger partial charge in [-0.15, -0.1) is 11.3 Å². The molecule has 0 aliphatic heterocycles. The van der Waals surface area contributed by atoms with Gasteiger partial charge in [-0.3, -0.25) is 4.79 Å². The summed E-state index contributed by atoms with van der Waals surface area (Å²) in [6, 6.07) is 17.6. The van der Waals surface area contributed by atoms with Gasteiger partial charge in [0.05, 0.1) is 12.1 Å². The summed E-state index contributed by atoms with van der Waals surface area (Å²) in [5.74, 6) is 0.474. The number of hydrogen-bond acceptors (Lipinski definition) is 4. The number of pyridine rings is 1. The number of aromatic nitrogens is 1. The molecule has 0 saturated carbocycles. The molecule has 0 bridgehead atoms. The quantitative estimate of drug-likeness (QED) is 0.727. The summed E-state index contributed by atoms with van der Waals surface area (Å²) in [7, 11) is 0. The highest BCUT2D eigenvalue weighted by molar-refractivity contribution is 7.09. The maximum Gasteiger partial charge on any atom is 0.255 e. The number of nitrogens with zero attached hydrogens (tertiary/aromatic N) is 1. The Morgan fingerprint density at radius 2 is 1.87 bits per heavy atom. The molecule has 2 heterocycles. The van der Waals surface area contributed by atoms with E-state index in [2.05, 4.69) is 15.6 Å². The number of amides is 1. The van der Waals surface area contributed by atoms with E-state index < -0.39 is 0 Å². The molecule has 0 aliphatic carbocycles. The molecule has 3 rings (SSSR count). The number of benzene rings is 1. The third-order valence-corrected chi connectivity index (χ3v) is 4.23. The summed E-state index contributed by atoms with van der Waals surface area (Å²) in [5, 5.41) is 8.16. The predicted octanol–water partition coefficient (Wildman–Crippen LogP) is 3.69. The molecule has 0 unspecified atom stereocenters. The molecular formula is C18H17N3OS. The van der Waals surface area contributed by atoms with Crippen molar-refractivity contribution in [3.63, 3.8) is 0 Å². The van der Waals surface area contributed by atoms with E-state index in [0.29, 0.717) is 24.5 Å². The van der Waals surface area contributed by atoms with Crippen LogP contribution in [0.4, 0.5) is 5.82 Å². The van der Waals surface area contributed by atoms with Crippen LogP contribution in [0.15, 0.2) is 66.2 Å². The van der Waals surface area contributed by atoms with E-state index in [9.17, 15) is 4.79 Å². The van der Waals surface area contributed by atoms with E-state index in [1.165, 1.54) is 0 Å². The number of anilines is 1. The van der Waals surface area contributed by atoms with Gasteiger partial charge in [0.25, 0.3) is 5.91 Å². The average Bonchev–Trinajstić information content (AvgIpc) is 3.12. The minimum absolute atomic E-state index is 0.123. The van der Waals surface area contributed by atoms with Crippen LogP contribution in [-0.4, -0.2) is 10.9 Å². The fourth-order valence-corrected chi connectivity index (χ4v) is 2.83. The molecule has 0 saturated heterocycles. The van der Waals surface area contributed by atoms with Gasteiger partial charge in [0.1, 0.15) is 5.82 Å². The second-order valence-corrected chi connectivity index (χ2v) is 6.03. The van der Waals surface area contributed by atoms with Gasteiger partial charge in [0.15, 0.2) is 0 Å². The second kappa shape index (κ2) is 7.56. The van der Waals surface area contributed by atoms with Crippen molar-refractivity contribution in [3.05, 3.63) is 82.2 Å². The van der Waals surface area contributed by atoms with Crippen LogP contribution in [0.1, 0.15) is 20.8 Å². The van der Waals surface area contributed by atoms with E-state index in [4.69, 9.17) is 0 Å². The fourth-order valence-electron chi connectivity index (χ4n) is 2.19. The van der Waals surface area contributed by atoms with Crippen LogP contribution in [0.5, 0.6) is 0 Å². The van der Waals surface area contributed by atoms with Gasteiger partial charge >= 0.3 is 0 Å². The maximum absolute atomic E-state index is 12.4. The SMILES string of the molecule is O=C(NCc1cccs1)c1cccnc1NCc1ccccc1. The Morgan fingerprint density at radius 1 is 1.00 bits per heavy atom. The van der Waals surface area contributed by atoms with Crippen LogP contribution in [0.25, 0.3) is 0 Å². The minimum atomic E-state index is -0.123. The standard InChI is InChI=1S/C18H17N3OS/c22-18(21-13-15-8-5-11-23-15)16-9-4-10-19-17(16)20-12-14-6-2-1-3-7-14/h1-11H,12-13H2,(H,19,20)(H,21,22). The highest BCUT2D eigenvalue weighted by Gasteiger charge is 2.12. The van der Waals surface area contributed by atoms with Crippen molar-refractivity contribution >= 4 is 23.1 Å². The molecule has 4 nitrogen and oxygen atoms in total. The summed E-state index contributed by atoms with van der Waals surface area (Å²) in [4.78, 5) is 17.8. The molecule has 0 aliphatic rings. The Labute approximate surface area is 139 Å². The Hall–Kier alpha value is -2.66. The normalized spacial score (nSPS) is 10.3. The zero-order valence-electron chi connectivity index (χ0n) is 12.5. The predicted molar refractivity (Wildman–Crippen MR) is 93.5 cm³/mol. The molecule has 1 aromatic carbocycles. The number of carbonyl (C=O) groups excluding carboxylic acids is 1. The Kier molecular flexibility index (Phi) is 5.01. The summed E-state index contributed by atoms with van der Waals surface area (Å²) in [6.45, 7) is 1.16. The second-order valence-electron chi connectivity index (χ2n) is 5.00. The van der Waals surface area contributed by atoms with Crippen LogP contribution in [0.3, 0.4) is 0 Å². The summed E-state index contributed by atoms with van der Waals surface area (Å²) in [6.07, 6.45) is 1.68. The lowest BCUT2D eigenvalue weighted by Crippen LogP contribution is -2.23. The van der Waals surface area contributed by atoms with Crippen LogP contribution in [0, 0.1) is 0 Å². The molecule has 2 N–H and O–H groups in total. The van der Waals surface area contributed by atoms with E-state index in [1.54, 1.807) is 29.7 Å². The van der Waals surface area contributed by atoms with Crippen molar-refractivity contribution in [1.29, 1.82) is 0 Å². The smallest absolute Gasteiger partial charge is 0.255 e. The summed E-state index contributed by atoms with van der Waals surface area (Å²) < 4.78 is 0. The topological polar surface area (TPSA) is 54.0 Å². The molecule has 2 aromatic heterocycles. The van der Waals surface area contributed by atoms with Crippen LogP contribution in [-0.2, 0) is 13.1 Å². The van der Waals surface area contributed by atoms with Crippen molar-refractivity contribution < 1.29 is 4.79 Å². The molecule has 116 valence electrons. The van der Waals surface area contributed by atoms with Gasteiger partial charge in [-0.1, -0.05) is 36.4 Å². The Morgan fingerprint density at radius 3 is 2.65 bits per heavy atom. The Balaban J connectivity index is 1.66. The third-order valence-electron chi connectivity index (χ3n) is 3.36. The van der Waals surface area contributed by atoms with Crippen molar-refractivity contribution in [2.75, 3.05) is 5.32 Å². The van der Waals surface area contributed by atoms with Crippen molar-refractivity contribution in [2.45, 2.75) is 13.1 Å². The lowest BCUT2D eigenvalue weighted by Gasteiger charge is -2.11. The van der Waals surface area contributed by atoms with E-state index in [-0.39, 0.29) is 5.91 Å². The molecule has 0 atom stereocenters. The fraction of sp³-hybridized carbons (Fsp3) is 0.111. The molecular weight excluding hydrogens is 306 g/mol. The van der Waals surface area contributed by atoms with Crippen LogP contribution < -0.4 is 10.6 Å². The first-order chi connectivity index (χ1) is 11.3. The molecule has 3 aromatic rings. The molecule has 0 radical (unpaired) electrons. The van der Waals surface area contributed by atoms with Gasteiger partial charge in [-0.25, -0.2) is 4.98 Å². The Bertz CT molecular complexity index is 757. The molecule has 0 spiro atoms. The third kappa shape index (κ3) is 4.17. The van der Waals surface area contributed by atoms with Crippen LogP contribution >= 0.6 is 11.3 Å². The molecule has 0 fully saturated rings. The van der Waals surface area contributed by atoms with E-state index >= 15 is 0 Å². The number of rotatable bonds is 6. The highest BCUT2D eigenvalue weighted by atomic mass is 32.1. The number of nitrogens with one attached hydrogen (secondary N) is 2. The van der Waals surface area contributed by atoms with Gasteiger partial charge < -0.3 is 10.6 Å². The van der Waals surface area contributed by atoms with Gasteiger partial charge in [-0.05, 0) is 29.1 Å². The van der Waals surface area contributed by atoms with Crippen molar-refractivity contribution in [3.8, 4) is 0 Å². The molecule has 1 amide bonds. The molecule has 5 heteroatoms. The van der Waals surface area contributed by atoms with Crippen molar-refractivity contribution in [2.24, 2.45) is 0 Å². The largest absolute Gasteiger partial charge is 0.365 e. The summed E-state index contributed by atoms with van der Waals surface area (Å²) >= 11 is 1.63. The number of hydrogen-bond donors (Lipinski definition) is 2. The van der Waals surface area contributed by atoms with E-state index in [0.717, 1.165) is 10.4 Å². The van der Waals surface area contributed by atoms with Gasteiger partial charge in [-0.2, -0.15) is 0 Å². The van der Waals surface area contributed by atoms with Gasteiger partial charge in [0.2, 0.25) is 0 Å². The zero-order valence-corrected chi connectivity index (χ0v) is 13.3. The number of thiophene rings is 1. The van der Waals surface area contributed by atoms with Crippen molar-refractivity contribution in [1.82, 2.24) is 10.3 Å². The first-order valence-corrected chi connectivity index (χ1v) is 8.24. The average molecular weight is 323 g/mol. The monoisotopic (exact) mass is 323 g/mol. The number of carbonyl (C=O) groups is 1. The zero-order chi connectivity index (χ0) is 15.9. The summed E-state index contributed by atoms with van der Waals surface area (Å²) in [5.41, 5.74) is 1.70.